The van der Waals surface area contributed by atoms with Gasteiger partial charge in [0, 0.05) is 40.5 Å². The lowest BCUT2D eigenvalue weighted by molar-refractivity contribution is -0.161. The summed E-state index contributed by atoms with van der Waals surface area (Å²) in [5, 5.41) is 14.4. The van der Waals surface area contributed by atoms with Crippen LogP contribution in [0.4, 0.5) is 10.5 Å². The van der Waals surface area contributed by atoms with Gasteiger partial charge in [0.1, 0.15) is 40.7 Å². The van der Waals surface area contributed by atoms with Crippen LogP contribution in [0.1, 0.15) is 53.0 Å². The molecule has 0 radical (unpaired) electrons. The van der Waals surface area contributed by atoms with Crippen LogP contribution >= 0.6 is 11.6 Å². The van der Waals surface area contributed by atoms with E-state index in [0.717, 1.165) is 11.1 Å². The van der Waals surface area contributed by atoms with Crippen molar-refractivity contribution in [3.63, 3.8) is 0 Å². The number of carbonyl (C=O) groups excluding carboxylic acids is 4. The molecule has 0 saturated carbocycles. The number of epoxide rings is 1. The first kappa shape index (κ1) is 37.2. The molecule has 14 heteroatoms. The van der Waals surface area contributed by atoms with Crippen LogP contribution in [0, 0.1) is 5.92 Å². The predicted octanol–water partition coefficient (Wildman–Crippen LogP) is 3.53. The molecule has 0 aromatic heterocycles. The number of halogens is 1. The highest BCUT2D eigenvalue weighted by Gasteiger charge is 2.64. The molecule has 4 unspecified atom stereocenters. The number of nitrogens with zero attached hydrogens (tertiary/aromatic N) is 2. The number of anilines is 1. The highest BCUT2D eigenvalue weighted by Crippen LogP contribution is 2.49. The molecule has 0 aliphatic carbocycles. The third kappa shape index (κ3) is 7.64. The quantitative estimate of drug-likeness (QED) is 0.346. The van der Waals surface area contributed by atoms with Gasteiger partial charge in [-0.2, -0.15) is 0 Å². The summed E-state index contributed by atoms with van der Waals surface area (Å²) in [6.45, 7) is 8.29. The number of amides is 3. The van der Waals surface area contributed by atoms with Gasteiger partial charge in [-0.3, -0.25) is 14.9 Å². The highest BCUT2D eigenvalue weighted by molar-refractivity contribution is 6.35. The average Bonchev–Trinajstić information content (AvgIpc) is 3.73. The fourth-order valence-electron chi connectivity index (χ4n) is 6.27. The minimum Gasteiger partial charge on any atom is -0.495 e. The molecule has 1 aromatic carbocycles. The number of methoxy groups -OCH3 is 2. The van der Waals surface area contributed by atoms with Gasteiger partial charge in [0.15, 0.2) is 5.72 Å². The molecule has 4 rings (SSSR count). The van der Waals surface area contributed by atoms with Crippen molar-refractivity contribution in [3.05, 3.63) is 46.5 Å². The van der Waals surface area contributed by atoms with Crippen LogP contribution in [0.15, 0.2) is 35.9 Å². The third-order valence-electron chi connectivity index (χ3n) is 9.63. The number of alkyl carbamates (subject to hydrolysis) is 1. The number of fused-ring (bicyclic) bond motifs is 5. The Morgan fingerprint density at radius 1 is 1.25 bits per heavy atom. The Balaban J connectivity index is 1.80. The Labute approximate surface area is 286 Å². The topological polar surface area (TPSA) is 156 Å². The molecule has 13 nitrogen and oxygen atoms in total. The smallest absolute Gasteiger partial charge is 0.409 e. The number of allylic oxidation sites excluding steroid dienone is 3. The molecule has 2 saturated heterocycles. The van der Waals surface area contributed by atoms with Gasteiger partial charge in [-0.05, 0) is 44.9 Å². The molecule has 264 valence electrons. The number of hydrogen-bond acceptors (Lipinski definition) is 10. The van der Waals surface area contributed by atoms with Crippen molar-refractivity contribution in [1.82, 2.24) is 10.2 Å². The lowest BCUT2D eigenvalue weighted by Crippen LogP contribution is -2.63. The lowest BCUT2D eigenvalue weighted by Gasteiger charge is -2.42. The van der Waals surface area contributed by atoms with Crippen molar-refractivity contribution < 1.29 is 48.0 Å². The fraction of sp³-hybridized carbons (Fsp3) is 0.588. The first-order valence-electron chi connectivity index (χ1n) is 15.8. The largest absolute Gasteiger partial charge is 0.495 e. The maximum atomic E-state index is 14.0. The molecule has 1 aromatic rings. The second kappa shape index (κ2) is 14.5. The maximum absolute atomic E-state index is 14.0. The Morgan fingerprint density at radius 2 is 1.94 bits per heavy atom. The summed E-state index contributed by atoms with van der Waals surface area (Å²) >= 11 is 6.71. The molecular weight excluding hydrogens is 646 g/mol. The van der Waals surface area contributed by atoms with E-state index in [2.05, 4.69) is 5.32 Å². The fourth-order valence-corrected chi connectivity index (χ4v) is 6.59. The van der Waals surface area contributed by atoms with E-state index >= 15 is 0 Å². The van der Waals surface area contributed by atoms with E-state index in [1.165, 1.54) is 44.9 Å². The van der Waals surface area contributed by atoms with Crippen molar-refractivity contribution in [1.29, 1.82) is 0 Å². The zero-order valence-corrected chi connectivity index (χ0v) is 29.6. The minimum absolute atomic E-state index is 0.0436. The van der Waals surface area contributed by atoms with E-state index in [1.54, 1.807) is 45.2 Å². The summed E-state index contributed by atoms with van der Waals surface area (Å²) in [4.78, 5) is 54.7. The Bertz CT molecular complexity index is 1500. The Kier molecular flexibility index (Phi) is 11.2. The van der Waals surface area contributed by atoms with Crippen LogP contribution in [-0.2, 0) is 39.8 Å². The van der Waals surface area contributed by atoms with Crippen molar-refractivity contribution in [2.45, 2.75) is 95.7 Å². The molecule has 4 bridgehead atoms. The molecule has 3 aliphatic heterocycles. The maximum Gasteiger partial charge on any atom is 0.409 e. The van der Waals surface area contributed by atoms with Crippen molar-refractivity contribution in [2.24, 2.45) is 5.92 Å². The first-order valence-corrected chi connectivity index (χ1v) is 16.2. The molecule has 48 heavy (non-hydrogen) atoms. The number of hydrogen-bond donors (Lipinski definition) is 2. The van der Waals surface area contributed by atoms with E-state index in [4.69, 9.17) is 35.3 Å². The Morgan fingerprint density at radius 3 is 2.56 bits per heavy atom. The van der Waals surface area contributed by atoms with E-state index in [1.807, 2.05) is 13.0 Å². The Hall–Kier alpha value is -3.65. The predicted molar refractivity (Wildman–Crippen MR) is 177 cm³/mol. The van der Waals surface area contributed by atoms with Crippen LogP contribution in [-0.4, -0.2) is 104 Å². The molecule has 3 heterocycles. The molecule has 8 atom stereocenters. The van der Waals surface area contributed by atoms with Gasteiger partial charge in [0.05, 0.1) is 25.3 Å². The van der Waals surface area contributed by atoms with Gasteiger partial charge in [-0.15, -0.1) is 0 Å². The number of benzene rings is 1. The van der Waals surface area contributed by atoms with Crippen molar-refractivity contribution in [3.8, 4) is 5.75 Å². The van der Waals surface area contributed by atoms with Crippen LogP contribution in [0.2, 0.25) is 5.02 Å². The summed E-state index contributed by atoms with van der Waals surface area (Å²) < 4.78 is 28.9. The molecule has 2 fully saturated rings. The van der Waals surface area contributed by atoms with Gasteiger partial charge in [-0.1, -0.05) is 42.3 Å². The van der Waals surface area contributed by atoms with Crippen LogP contribution in [0.3, 0.4) is 0 Å². The average molecular weight is 692 g/mol. The van der Waals surface area contributed by atoms with E-state index < -0.39 is 65.7 Å². The second-order valence-electron chi connectivity index (χ2n) is 13.0. The second-order valence-corrected chi connectivity index (χ2v) is 13.4. The van der Waals surface area contributed by atoms with Gasteiger partial charge >= 0.3 is 12.1 Å². The molecule has 3 amide bonds. The standard InChI is InChI=1S/C34H46ClN3O10/c1-18-11-10-12-26(45-9)34(43)17-25(46-32(42)36-34)19(2)30-33(5,48-30)27(47-31(41)20(3)37(6)21(4)39)16-28(40)38(7)23-14-22(13-18)15-24(44-8)29(23)35/h10-12,14-15,19-20,25-27,30,43H,13,16-17H2,1-9H3,(H,36,42)/b12-10+,18-11+/t19-,20?,25?,26-,27+,30?,33?,34+/m0/s1. The van der Waals surface area contributed by atoms with Gasteiger partial charge in [-0.25, -0.2) is 9.59 Å². The number of esters is 1. The molecule has 3 aliphatic rings. The number of carbonyl (C=O) groups is 4. The van der Waals surface area contributed by atoms with Gasteiger partial charge in [0.2, 0.25) is 11.8 Å². The molecule has 0 spiro atoms. The summed E-state index contributed by atoms with van der Waals surface area (Å²) in [6.07, 6.45) is 1.02. The number of likely N-dealkylation sites (N-methyl/N-ethyl adjacent to an activating group) is 1. The third-order valence-corrected chi connectivity index (χ3v) is 10.0. The summed E-state index contributed by atoms with van der Waals surface area (Å²) in [6, 6.07) is 2.63. The van der Waals surface area contributed by atoms with Gasteiger partial charge in [0.25, 0.3) is 0 Å². The monoisotopic (exact) mass is 691 g/mol. The summed E-state index contributed by atoms with van der Waals surface area (Å²) in [5.41, 5.74) is -0.871. The van der Waals surface area contributed by atoms with Crippen LogP contribution in [0.25, 0.3) is 0 Å². The minimum atomic E-state index is -1.81. The highest BCUT2D eigenvalue weighted by atomic mass is 35.5. The van der Waals surface area contributed by atoms with Crippen molar-refractivity contribution >= 4 is 41.2 Å². The molecule has 2 N–H and O–H groups in total. The summed E-state index contributed by atoms with van der Waals surface area (Å²) in [5.74, 6) is -1.63. The molecular formula is C34H46ClN3O10. The number of nitrogens with one attached hydrogen (secondary N) is 1. The zero-order valence-electron chi connectivity index (χ0n) is 28.9. The van der Waals surface area contributed by atoms with E-state index in [0.29, 0.717) is 17.9 Å². The SMILES string of the molecule is COc1cc2cc(c1Cl)N(C)C(=O)C[C@@H](OC(=O)C(C)N(C)C(C)=O)C1(C)OC1[C@@H](C)C1C[C@](O)(NC(=O)O1)[C@@H](OC)/C=C/C=C(\C)C2. The van der Waals surface area contributed by atoms with E-state index in [-0.39, 0.29) is 23.8 Å². The van der Waals surface area contributed by atoms with Crippen molar-refractivity contribution in [2.75, 3.05) is 33.2 Å². The summed E-state index contributed by atoms with van der Waals surface area (Å²) in [7, 11) is 5.97. The van der Waals surface area contributed by atoms with Crippen LogP contribution in [0.5, 0.6) is 5.75 Å². The first-order chi connectivity index (χ1) is 22.4. The number of ether oxygens (including phenoxy) is 5. The number of aliphatic hydroxyl groups is 1. The zero-order chi connectivity index (χ0) is 35.7. The van der Waals surface area contributed by atoms with Crippen LogP contribution < -0.4 is 15.0 Å². The van der Waals surface area contributed by atoms with Gasteiger partial charge < -0.3 is 38.6 Å². The lowest BCUT2D eigenvalue weighted by atomic mass is 9.83. The number of rotatable bonds is 5. The normalized spacial score (nSPS) is 33.2. The van der Waals surface area contributed by atoms with E-state index in [9.17, 15) is 24.3 Å².